The van der Waals surface area contributed by atoms with Crippen molar-refractivity contribution in [3.8, 4) is 5.75 Å². The summed E-state index contributed by atoms with van der Waals surface area (Å²) in [5, 5.41) is 11.2. The van der Waals surface area contributed by atoms with Crippen molar-refractivity contribution >= 4 is 5.84 Å². The molecule has 0 aliphatic rings. The van der Waals surface area contributed by atoms with Crippen LogP contribution < -0.4 is 10.5 Å². The van der Waals surface area contributed by atoms with Gasteiger partial charge in [0.25, 0.3) is 0 Å². The minimum absolute atomic E-state index is 0.0607. The molecule has 0 heterocycles. The monoisotopic (exact) mass is 222 g/mol. The van der Waals surface area contributed by atoms with Crippen LogP contribution in [0.15, 0.2) is 23.4 Å². The molecule has 0 saturated heterocycles. The van der Waals surface area contributed by atoms with Gasteiger partial charge in [0.15, 0.2) is 5.84 Å². The van der Waals surface area contributed by atoms with E-state index in [1.54, 1.807) is 0 Å². The molecular formula is C12H18N2O2. The van der Waals surface area contributed by atoms with Gasteiger partial charge in [-0.3, -0.25) is 0 Å². The zero-order valence-corrected chi connectivity index (χ0v) is 9.90. The third kappa shape index (κ3) is 3.15. The van der Waals surface area contributed by atoms with E-state index in [-0.39, 0.29) is 12.4 Å². The first kappa shape index (κ1) is 12.4. The second-order valence-corrected chi connectivity index (χ2v) is 4.05. The van der Waals surface area contributed by atoms with Crippen LogP contribution in [0.3, 0.4) is 0 Å². The van der Waals surface area contributed by atoms with Crippen molar-refractivity contribution in [3.63, 3.8) is 0 Å². The molecule has 0 amide bonds. The van der Waals surface area contributed by atoms with Crippen LogP contribution in [0.25, 0.3) is 0 Å². The fourth-order valence-corrected chi connectivity index (χ4v) is 1.57. The van der Waals surface area contributed by atoms with Crippen molar-refractivity contribution in [3.05, 3.63) is 29.3 Å². The number of nitrogens with two attached hydrogens (primary N) is 1. The Labute approximate surface area is 95.7 Å². The predicted molar refractivity (Wildman–Crippen MR) is 64.2 cm³/mol. The molecule has 0 spiro atoms. The summed E-state index contributed by atoms with van der Waals surface area (Å²) in [4.78, 5) is 0. The largest absolute Gasteiger partial charge is 0.486 e. The Hall–Kier alpha value is -1.71. The molecule has 0 aliphatic heterocycles. The zero-order chi connectivity index (χ0) is 12.1. The summed E-state index contributed by atoms with van der Waals surface area (Å²) in [5.41, 5.74) is 7.80. The molecule has 0 aliphatic carbocycles. The van der Waals surface area contributed by atoms with Crippen molar-refractivity contribution in [2.75, 3.05) is 6.61 Å². The van der Waals surface area contributed by atoms with Crippen molar-refractivity contribution in [1.82, 2.24) is 0 Å². The van der Waals surface area contributed by atoms with E-state index in [1.807, 2.05) is 25.1 Å². The Bertz CT molecular complexity index is 387. The number of amidine groups is 1. The first-order valence-electron chi connectivity index (χ1n) is 5.24. The average molecular weight is 222 g/mol. The average Bonchev–Trinajstić information content (AvgIpc) is 2.25. The Balaban J connectivity index is 2.74. The topological polar surface area (TPSA) is 67.8 Å². The highest BCUT2D eigenvalue weighted by Gasteiger charge is 2.05. The number of oxime groups is 1. The number of aryl methyl sites for hydroxylation is 1. The quantitative estimate of drug-likeness (QED) is 0.355. The lowest BCUT2D eigenvalue weighted by molar-refractivity contribution is 0.306. The number of hydrogen-bond donors (Lipinski definition) is 2. The van der Waals surface area contributed by atoms with Crippen LogP contribution in [0.2, 0.25) is 0 Å². The van der Waals surface area contributed by atoms with Crippen LogP contribution >= 0.6 is 0 Å². The van der Waals surface area contributed by atoms with Crippen LogP contribution in [0.5, 0.6) is 5.75 Å². The van der Waals surface area contributed by atoms with Gasteiger partial charge < -0.3 is 15.7 Å². The smallest absolute Gasteiger partial charge is 0.177 e. The maximum Gasteiger partial charge on any atom is 0.177 e. The molecule has 0 saturated carbocycles. The summed E-state index contributed by atoms with van der Waals surface area (Å²) in [6, 6.07) is 5.90. The number of benzene rings is 1. The normalized spacial score (nSPS) is 11.9. The molecule has 1 aromatic rings. The van der Waals surface area contributed by atoms with E-state index < -0.39 is 0 Å². The maximum atomic E-state index is 8.37. The predicted octanol–water partition coefficient (Wildman–Crippen LogP) is 2.24. The highest BCUT2D eigenvalue weighted by atomic mass is 16.5. The second kappa shape index (κ2) is 5.39. The SMILES string of the molecule is Cc1cc(OC/C(N)=N/O)ccc1C(C)C. The second-order valence-electron chi connectivity index (χ2n) is 4.05. The van der Waals surface area contributed by atoms with Gasteiger partial charge in [-0.2, -0.15) is 0 Å². The summed E-state index contributed by atoms with van der Waals surface area (Å²) in [6.07, 6.45) is 0. The molecule has 0 fully saturated rings. The minimum atomic E-state index is 0.0607. The van der Waals surface area contributed by atoms with Crippen molar-refractivity contribution in [1.29, 1.82) is 0 Å². The molecule has 88 valence electrons. The number of hydrogen-bond acceptors (Lipinski definition) is 3. The van der Waals surface area contributed by atoms with E-state index in [0.717, 1.165) is 5.75 Å². The standard InChI is InChI=1S/C12H18N2O2/c1-8(2)11-5-4-10(6-9(11)3)16-7-12(13)14-15/h4-6,8,15H,7H2,1-3H3,(H2,13,14). The first-order valence-corrected chi connectivity index (χ1v) is 5.24. The summed E-state index contributed by atoms with van der Waals surface area (Å²) < 4.78 is 5.36. The Morgan fingerprint density at radius 1 is 1.50 bits per heavy atom. The lowest BCUT2D eigenvalue weighted by atomic mass is 9.98. The fourth-order valence-electron chi connectivity index (χ4n) is 1.57. The van der Waals surface area contributed by atoms with Crippen LogP contribution in [-0.4, -0.2) is 17.6 Å². The van der Waals surface area contributed by atoms with E-state index >= 15 is 0 Å². The van der Waals surface area contributed by atoms with Crippen molar-refractivity contribution < 1.29 is 9.94 Å². The van der Waals surface area contributed by atoms with E-state index in [2.05, 4.69) is 19.0 Å². The minimum Gasteiger partial charge on any atom is -0.486 e. The van der Waals surface area contributed by atoms with Gasteiger partial charge in [0, 0.05) is 0 Å². The Morgan fingerprint density at radius 2 is 2.19 bits per heavy atom. The molecule has 0 aromatic heterocycles. The third-order valence-electron chi connectivity index (χ3n) is 2.38. The molecule has 0 bridgehead atoms. The van der Waals surface area contributed by atoms with E-state index in [1.165, 1.54) is 11.1 Å². The van der Waals surface area contributed by atoms with Gasteiger partial charge in [-0.1, -0.05) is 25.1 Å². The van der Waals surface area contributed by atoms with Gasteiger partial charge in [-0.15, -0.1) is 0 Å². The fraction of sp³-hybridized carbons (Fsp3) is 0.417. The van der Waals surface area contributed by atoms with Gasteiger partial charge in [0.2, 0.25) is 0 Å². The van der Waals surface area contributed by atoms with Gasteiger partial charge in [-0.25, -0.2) is 0 Å². The Morgan fingerprint density at radius 3 is 2.69 bits per heavy atom. The lowest BCUT2D eigenvalue weighted by Gasteiger charge is -2.12. The molecule has 1 rings (SSSR count). The van der Waals surface area contributed by atoms with Gasteiger partial charge in [0.05, 0.1) is 0 Å². The third-order valence-corrected chi connectivity index (χ3v) is 2.38. The number of ether oxygens (including phenoxy) is 1. The highest BCUT2D eigenvalue weighted by Crippen LogP contribution is 2.23. The van der Waals surface area contributed by atoms with Gasteiger partial charge in [-0.05, 0) is 36.1 Å². The molecule has 0 radical (unpaired) electrons. The van der Waals surface area contributed by atoms with Crippen LogP contribution in [-0.2, 0) is 0 Å². The first-order chi connectivity index (χ1) is 7.54. The van der Waals surface area contributed by atoms with Crippen molar-refractivity contribution in [2.45, 2.75) is 26.7 Å². The van der Waals surface area contributed by atoms with Crippen LogP contribution in [0.1, 0.15) is 30.9 Å². The molecule has 0 atom stereocenters. The molecule has 1 aromatic carbocycles. The molecule has 3 N–H and O–H groups in total. The summed E-state index contributed by atoms with van der Waals surface area (Å²) in [6.45, 7) is 6.45. The van der Waals surface area contributed by atoms with E-state index in [0.29, 0.717) is 5.92 Å². The van der Waals surface area contributed by atoms with E-state index in [4.69, 9.17) is 15.7 Å². The summed E-state index contributed by atoms with van der Waals surface area (Å²) in [7, 11) is 0. The van der Waals surface area contributed by atoms with E-state index in [9.17, 15) is 0 Å². The van der Waals surface area contributed by atoms with Gasteiger partial charge in [0.1, 0.15) is 12.4 Å². The molecule has 4 heteroatoms. The van der Waals surface area contributed by atoms with Crippen LogP contribution in [0.4, 0.5) is 0 Å². The molecular weight excluding hydrogens is 204 g/mol. The lowest BCUT2D eigenvalue weighted by Crippen LogP contribution is -2.20. The maximum absolute atomic E-state index is 8.37. The highest BCUT2D eigenvalue weighted by molar-refractivity contribution is 5.81. The molecule has 16 heavy (non-hydrogen) atoms. The number of rotatable bonds is 4. The molecule has 4 nitrogen and oxygen atoms in total. The molecule has 0 unspecified atom stereocenters. The van der Waals surface area contributed by atoms with Crippen molar-refractivity contribution in [2.24, 2.45) is 10.9 Å². The van der Waals surface area contributed by atoms with Crippen LogP contribution in [0, 0.1) is 6.92 Å². The van der Waals surface area contributed by atoms with Gasteiger partial charge >= 0.3 is 0 Å². The Kier molecular flexibility index (Phi) is 4.17. The number of nitrogens with zero attached hydrogens (tertiary/aromatic N) is 1. The summed E-state index contributed by atoms with van der Waals surface area (Å²) >= 11 is 0. The summed E-state index contributed by atoms with van der Waals surface area (Å²) in [5.74, 6) is 1.29. The zero-order valence-electron chi connectivity index (χ0n) is 9.90.